The van der Waals surface area contributed by atoms with Crippen molar-refractivity contribution in [2.24, 2.45) is 0 Å². The maximum absolute atomic E-state index is 12.3. The minimum atomic E-state index is -1.03. The third-order valence-corrected chi connectivity index (χ3v) is 6.32. The van der Waals surface area contributed by atoms with Gasteiger partial charge >= 0.3 is 5.97 Å². The number of hydrogen-bond acceptors (Lipinski definition) is 4. The predicted molar refractivity (Wildman–Crippen MR) is 90.7 cm³/mol. The van der Waals surface area contributed by atoms with Crippen molar-refractivity contribution >= 4 is 41.1 Å². The Labute approximate surface area is 148 Å². The van der Waals surface area contributed by atoms with Crippen LogP contribution in [-0.4, -0.2) is 50.0 Å². The molecule has 0 aromatic heterocycles. The zero-order valence-electron chi connectivity index (χ0n) is 13.1. The van der Waals surface area contributed by atoms with Gasteiger partial charge in [0.25, 0.3) is 0 Å². The topological polar surface area (TPSA) is 86.7 Å². The molecule has 8 heteroatoms. The summed E-state index contributed by atoms with van der Waals surface area (Å²) >= 11 is 7.55. The lowest BCUT2D eigenvalue weighted by Gasteiger charge is -2.43. The molecule has 2 fully saturated rings. The van der Waals surface area contributed by atoms with Gasteiger partial charge < -0.3 is 15.3 Å². The van der Waals surface area contributed by atoms with Crippen LogP contribution in [0.3, 0.4) is 0 Å². The van der Waals surface area contributed by atoms with Gasteiger partial charge in [-0.3, -0.25) is 9.59 Å². The van der Waals surface area contributed by atoms with E-state index in [0.29, 0.717) is 5.56 Å². The van der Waals surface area contributed by atoms with Gasteiger partial charge in [-0.25, -0.2) is 4.79 Å². The summed E-state index contributed by atoms with van der Waals surface area (Å²) in [5.41, 5.74) is 0.642. The summed E-state index contributed by atoms with van der Waals surface area (Å²) in [6.45, 7) is 3.57. The van der Waals surface area contributed by atoms with Gasteiger partial charge in [-0.1, -0.05) is 30.3 Å². The first-order chi connectivity index (χ1) is 11.2. The fraction of sp³-hybridized carbons (Fsp3) is 0.438. The van der Waals surface area contributed by atoms with E-state index in [0.717, 1.165) is 0 Å². The predicted octanol–water partition coefficient (Wildman–Crippen LogP) is 1.60. The highest BCUT2D eigenvalue weighted by atomic mass is 35.5. The highest BCUT2D eigenvalue weighted by Gasteiger charge is 2.64. The molecule has 3 rings (SSSR count). The van der Waals surface area contributed by atoms with Gasteiger partial charge in [-0.2, -0.15) is 0 Å². The quantitative estimate of drug-likeness (QED) is 0.622. The third-order valence-electron chi connectivity index (χ3n) is 4.30. The molecule has 1 aromatic carbocycles. The molecule has 128 valence electrons. The number of hydrogen-bond donors (Lipinski definition) is 2. The van der Waals surface area contributed by atoms with Crippen molar-refractivity contribution in [2.45, 2.75) is 41.4 Å². The number of carbonyl (C=O) groups is 3. The number of fused-ring (bicyclic) bond motifs is 1. The largest absolute Gasteiger partial charge is 0.480 e. The number of rotatable bonds is 4. The van der Waals surface area contributed by atoms with Crippen LogP contribution in [0, 0.1) is 0 Å². The van der Waals surface area contributed by atoms with Crippen LogP contribution in [0.5, 0.6) is 0 Å². The molecular weight excluding hydrogens is 352 g/mol. The molecule has 2 saturated heterocycles. The number of aliphatic carboxylic acids is 1. The van der Waals surface area contributed by atoms with Crippen LogP contribution in [0.1, 0.15) is 24.8 Å². The fourth-order valence-corrected chi connectivity index (χ4v) is 4.98. The van der Waals surface area contributed by atoms with Crippen molar-refractivity contribution in [1.82, 2.24) is 10.2 Å². The molecule has 0 radical (unpaired) electrons. The Morgan fingerprint density at radius 3 is 2.54 bits per heavy atom. The van der Waals surface area contributed by atoms with Gasteiger partial charge in [-0.05, 0) is 19.4 Å². The van der Waals surface area contributed by atoms with E-state index in [-0.39, 0.29) is 11.3 Å². The van der Waals surface area contributed by atoms with E-state index in [9.17, 15) is 19.5 Å². The first-order valence-corrected chi connectivity index (χ1v) is 8.78. The number of halogens is 1. The number of benzene rings is 1. The number of alkyl halides is 1. The lowest BCUT2D eigenvalue weighted by Crippen LogP contribution is -2.70. The molecule has 2 N–H and O–H groups in total. The number of amides is 2. The van der Waals surface area contributed by atoms with E-state index in [2.05, 4.69) is 5.32 Å². The summed E-state index contributed by atoms with van der Waals surface area (Å²) in [5, 5.41) is 10.8. The fourth-order valence-electron chi connectivity index (χ4n) is 3.15. The van der Waals surface area contributed by atoms with E-state index in [1.165, 1.54) is 16.7 Å². The summed E-state index contributed by atoms with van der Waals surface area (Å²) in [6.07, 6.45) is 0. The summed E-state index contributed by atoms with van der Waals surface area (Å²) in [7, 11) is 0. The van der Waals surface area contributed by atoms with Gasteiger partial charge in [0.05, 0.1) is 0 Å². The molecular formula is C16H17ClN2O4S. The third kappa shape index (κ3) is 2.65. The van der Waals surface area contributed by atoms with Gasteiger partial charge in [0.2, 0.25) is 11.8 Å². The molecule has 2 aliphatic rings. The van der Waals surface area contributed by atoms with Crippen LogP contribution in [0.4, 0.5) is 0 Å². The molecule has 0 saturated carbocycles. The molecule has 0 aliphatic carbocycles. The van der Waals surface area contributed by atoms with Gasteiger partial charge in [-0.15, -0.1) is 23.4 Å². The maximum atomic E-state index is 12.3. The Morgan fingerprint density at radius 2 is 1.96 bits per heavy atom. The first-order valence-electron chi connectivity index (χ1n) is 7.46. The Kier molecular flexibility index (Phi) is 4.25. The normalized spacial score (nSPS) is 28.7. The molecule has 0 spiro atoms. The van der Waals surface area contributed by atoms with E-state index >= 15 is 0 Å². The van der Waals surface area contributed by atoms with Crippen molar-refractivity contribution < 1.29 is 19.5 Å². The number of nitrogens with zero attached hydrogens (tertiary/aromatic N) is 1. The molecule has 24 heavy (non-hydrogen) atoms. The van der Waals surface area contributed by atoms with Gasteiger partial charge in [0.1, 0.15) is 22.8 Å². The molecule has 1 aromatic rings. The Hall–Kier alpha value is -1.73. The molecule has 1 unspecified atom stereocenters. The minimum Gasteiger partial charge on any atom is -0.480 e. The standard InChI is InChI=1S/C16H17ClN2O4S/c1-16(2)11(15(22)23)19-13(21)10(14(19)24-16)18-12(20)9(17)8-6-4-3-5-7-8/h3-7,9-11,14H,1-2H3,(H,18,20)(H,22,23)/t9?,10-,11+,14-/m1/s1. The summed E-state index contributed by atoms with van der Waals surface area (Å²) in [6, 6.07) is 7.22. The van der Waals surface area contributed by atoms with E-state index < -0.39 is 34.1 Å². The van der Waals surface area contributed by atoms with Crippen molar-refractivity contribution in [3.8, 4) is 0 Å². The van der Waals surface area contributed by atoms with Crippen LogP contribution < -0.4 is 5.32 Å². The number of nitrogens with one attached hydrogen (secondary N) is 1. The van der Waals surface area contributed by atoms with Crippen LogP contribution >= 0.6 is 23.4 Å². The highest BCUT2D eigenvalue weighted by molar-refractivity contribution is 8.01. The van der Waals surface area contributed by atoms with E-state index in [4.69, 9.17) is 11.6 Å². The lowest BCUT2D eigenvalue weighted by atomic mass is 9.96. The second kappa shape index (κ2) is 5.97. The summed E-state index contributed by atoms with van der Waals surface area (Å²) < 4.78 is -0.620. The van der Waals surface area contributed by atoms with Crippen molar-refractivity contribution in [1.29, 1.82) is 0 Å². The van der Waals surface area contributed by atoms with Gasteiger partial charge in [0, 0.05) is 4.75 Å². The van der Waals surface area contributed by atoms with Crippen molar-refractivity contribution in [2.75, 3.05) is 0 Å². The zero-order chi connectivity index (χ0) is 17.6. The molecule has 2 amide bonds. The second-order valence-electron chi connectivity index (χ2n) is 6.36. The Morgan fingerprint density at radius 1 is 1.33 bits per heavy atom. The molecule has 6 nitrogen and oxygen atoms in total. The average molecular weight is 369 g/mol. The van der Waals surface area contributed by atoms with Crippen LogP contribution in [0.25, 0.3) is 0 Å². The minimum absolute atomic E-state index is 0.378. The maximum Gasteiger partial charge on any atom is 0.327 e. The van der Waals surface area contributed by atoms with Crippen LogP contribution in [-0.2, 0) is 14.4 Å². The highest BCUT2D eigenvalue weighted by Crippen LogP contribution is 2.50. The lowest BCUT2D eigenvalue weighted by molar-refractivity contribution is -0.161. The second-order valence-corrected chi connectivity index (χ2v) is 8.56. The van der Waals surface area contributed by atoms with E-state index in [1.54, 1.807) is 38.1 Å². The molecule has 2 heterocycles. The van der Waals surface area contributed by atoms with Gasteiger partial charge in [0.15, 0.2) is 0 Å². The SMILES string of the molecule is CC1(C)S[C@@H]2[C@H](NC(=O)C(Cl)c3ccccc3)C(=O)N2[C@H]1C(=O)O. The summed E-state index contributed by atoms with van der Waals surface area (Å²) in [4.78, 5) is 37.4. The number of carboxylic acids is 1. The number of β-lactam (4-membered cyclic amide) rings is 1. The zero-order valence-corrected chi connectivity index (χ0v) is 14.7. The Balaban J connectivity index is 1.71. The van der Waals surface area contributed by atoms with Crippen LogP contribution in [0.2, 0.25) is 0 Å². The Bertz CT molecular complexity index is 697. The van der Waals surface area contributed by atoms with Crippen molar-refractivity contribution in [3.63, 3.8) is 0 Å². The van der Waals surface area contributed by atoms with Crippen molar-refractivity contribution in [3.05, 3.63) is 35.9 Å². The molecule has 0 bridgehead atoms. The van der Waals surface area contributed by atoms with Crippen LogP contribution in [0.15, 0.2) is 30.3 Å². The summed E-state index contributed by atoms with van der Waals surface area (Å²) in [5.74, 6) is -1.87. The monoisotopic (exact) mass is 368 g/mol. The smallest absolute Gasteiger partial charge is 0.327 e. The van der Waals surface area contributed by atoms with E-state index in [1.807, 2.05) is 6.07 Å². The number of carbonyl (C=O) groups excluding carboxylic acids is 2. The number of carboxylic acid groups (broad SMARTS) is 1. The number of thioether (sulfide) groups is 1. The first kappa shape index (κ1) is 17.1. The molecule has 4 atom stereocenters. The molecule has 2 aliphatic heterocycles. The average Bonchev–Trinajstić information content (AvgIpc) is 2.80.